The van der Waals surface area contributed by atoms with E-state index in [-0.39, 0.29) is 5.56 Å². The molecule has 0 aliphatic rings. The molecule has 64 valence electrons. The Morgan fingerprint density at radius 2 is 2.23 bits per heavy atom. The Bertz CT molecular complexity index is 450. The first-order chi connectivity index (χ1) is 6.38. The van der Waals surface area contributed by atoms with Gasteiger partial charge in [-0.3, -0.25) is 14.8 Å². The molecular formula is C9H7N3O. The fraction of sp³-hybridized carbons (Fsp3) is 0. The number of aromatic amines is 1. The van der Waals surface area contributed by atoms with Crippen LogP contribution in [0.1, 0.15) is 0 Å². The van der Waals surface area contributed by atoms with E-state index in [1.165, 1.54) is 0 Å². The zero-order chi connectivity index (χ0) is 9.10. The molecule has 0 saturated carbocycles. The minimum Gasteiger partial charge on any atom is -0.329 e. The molecular weight excluding hydrogens is 166 g/mol. The zero-order valence-electron chi connectivity index (χ0n) is 6.77. The van der Waals surface area contributed by atoms with Crippen molar-refractivity contribution in [1.82, 2.24) is 15.0 Å². The standard InChI is InChI=1S/C9H7N3O/c13-9-7(2-1-3-12-9)8-6-10-4-5-11-8/h1-6H,(H,12,13). The average Bonchev–Trinajstić information content (AvgIpc) is 2.20. The lowest BCUT2D eigenvalue weighted by Crippen LogP contribution is -2.07. The van der Waals surface area contributed by atoms with E-state index >= 15 is 0 Å². The Kier molecular flexibility index (Phi) is 1.88. The Balaban J connectivity index is 2.60. The van der Waals surface area contributed by atoms with Crippen LogP contribution >= 0.6 is 0 Å². The SMILES string of the molecule is O=c1[nH]cccc1-c1cnccn1. The molecule has 0 atom stereocenters. The smallest absolute Gasteiger partial charge is 0.257 e. The van der Waals surface area contributed by atoms with Gasteiger partial charge in [0.25, 0.3) is 5.56 Å². The van der Waals surface area contributed by atoms with Crippen molar-refractivity contribution in [3.05, 3.63) is 47.3 Å². The number of H-pyrrole nitrogens is 1. The molecule has 0 amide bonds. The first-order valence-corrected chi connectivity index (χ1v) is 3.82. The highest BCUT2D eigenvalue weighted by molar-refractivity contribution is 5.55. The minimum absolute atomic E-state index is 0.150. The van der Waals surface area contributed by atoms with E-state index in [1.807, 2.05) is 0 Å². The maximum atomic E-state index is 11.3. The summed E-state index contributed by atoms with van der Waals surface area (Å²) in [5.41, 5.74) is 0.975. The summed E-state index contributed by atoms with van der Waals surface area (Å²) < 4.78 is 0. The zero-order valence-corrected chi connectivity index (χ0v) is 6.77. The van der Waals surface area contributed by atoms with Gasteiger partial charge in [0.2, 0.25) is 0 Å². The van der Waals surface area contributed by atoms with Crippen molar-refractivity contribution >= 4 is 0 Å². The summed E-state index contributed by atoms with van der Waals surface area (Å²) in [5, 5.41) is 0. The first kappa shape index (κ1) is 7.67. The van der Waals surface area contributed by atoms with Gasteiger partial charge in [0.15, 0.2) is 0 Å². The third-order valence-electron chi connectivity index (χ3n) is 1.66. The quantitative estimate of drug-likeness (QED) is 0.694. The number of aromatic nitrogens is 3. The van der Waals surface area contributed by atoms with E-state index in [4.69, 9.17) is 0 Å². The van der Waals surface area contributed by atoms with Crippen LogP contribution in [-0.4, -0.2) is 15.0 Å². The summed E-state index contributed by atoms with van der Waals surface area (Å²) in [7, 11) is 0. The van der Waals surface area contributed by atoms with Crippen molar-refractivity contribution in [1.29, 1.82) is 0 Å². The lowest BCUT2D eigenvalue weighted by atomic mass is 10.2. The topological polar surface area (TPSA) is 58.6 Å². The molecule has 2 rings (SSSR count). The summed E-state index contributed by atoms with van der Waals surface area (Å²) in [6, 6.07) is 3.47. The predicted molar refractivity (Wildman–Crippen MR) is 48.1 cm³/mol. The van der Waals surface area contributed by atoms with Crippen molar-refractivity contribution in [3.8, 4) is 11.3 Å². The van der Waals surface area contributed by atoms with Crippen LogP contribution < -0.4 is 5.56 Å². The highest BCUT2D eigenvalue weighted by Crippen LogP contribution is 2.07. The Morgan fingerprint density at radius 1 is 1.31 bits per heavy atom. The number of hydrogen-bond acceptors (Lipinski definition) is 3. The number of pyridine rings is 1. The highest BCUT2D eigenvalue weighted by Gasteiger charge is 2.01. The summed E-state index contributed by atoms with van der Waals surface area (Å²) >= 11 is 0. The molecule has 4 nitrogen and oxygen atoms in total. The van der Waals surface area contributed by atoms with Gasteiger partial charge in [-0.05, 0) is 12.1 Å². The van der Waals surface area contributed by atoms with Gasteiger partial charge in [0, 0.05) is 18.6 Å². The molecule has 13 heavy (non-hydrogen) atoms. The summed E-state index contributed by atoms with van der Waals surface area (Å²) in [5.74, 6) is 0. The molecule has 2 heterocycles. The van der Waals surface area contributed by atoms with Crippen molar-refractivity contribution in [3.63, 3.8) is 0 Å². The van der Waals surface area contributed by atoms with Crippen LogP contribution in [0.3, 0.4) is 0 Å². The monoisotopic (exact) mass is 173 g/mol. The molecule has 0 fully saturated rings. The molecule has 2 aromatic rings. The molecule has 0 saturated heterocycles. The van der Waals surface area contributed by atoms with E-state index in [0.29, 0.717) is 11.3 Å². The Morgan fingerprint density at radius 3 is 2.92 bits per heavy atom. The molecule has 0 aliphatic heterocycles. The summed E-state index contributed by atoms with van der Waals surface area (Å²) in [6.07, 6.45) is 6.27. The van der Waals surface area contributed by atoms with Crippen LogP contribution in [0, 0.1) is 0 Å². The van der Waals surface area contributed by atoms with Crippen LogP contribution in [0.2, 0.25) is 0 Å². The van der Waals surface area contributed by atoms with E-state index in [1.54, 1.807) is 36.9 Å². The molecule has 2 aromatic heterocycles. The lowest BCUT2D eigenvalue weighted by molar-refractivity contribution is 1.17. The maximum Gasteiger partial charge on any atom is 0.257 e. The number of hydrogen-bond donors (Lipinski definition) is 1. The molecule has 0 spiro atoms. The first-order valence-electron chi connectivity index (χ1n) is 3.82. The normalized spacial score (nSPS) is 9.85. The second-order valence-electron chi connectivity index (χ2n) is 2.50. The van der Waals surface area contributed by atoms with Crippen molar-refractivity contribution < 1.29 is 0 Å². The van der Waals surface area contributed by atoms with Crippen LogP contribution in [0.15, 0.2) is 41.7 Å². The van der Waals surface area contributed by atoms with Crippen LogP contribution in [-0.2, 0) is 0 Å². The van der Waals surface area contributed by atoms with Gasteiger partial charge in [0.05, 0.1) is 17.5 Å². The third-order valence-corrected chi connectivity index (χ3v) is 1.66. The van der Waals surface area contributed by atoms with Gasteiger partial charge >= 0.3 is 0 Å². The van der Waals surface area contributed by atoms with Crippen LogP contribution in [0.5, 0.6) is 0 Å². The molecule has 0 aliphatic carbocycles. The van der Waals surface area contributed by atoms with Crippen LogP contribution in [0.4, 0.5) is 0 Å². The molecule has 0 bridgehead atoms. The minimum atomic E-state index is -0.150. The van der Waals surface area contributed by atoms with Gasteiger partial charge in [-0.15, -0.1) is 0 Å². The van der Waals surface area contributed by atoms with Crippen molar-refractivity contribution in [2.24, 2.45) is 0 Å². The summed E-state index contributed by atoms with van der Waals surface area (Å²) in [6.45, 7) is 0. The fourth-order valence-corrected chi connectivity index (χ4v) is 1.06. The second kappa shape index (κ2) is 3.18. The molecule has 0 radical (unpaired) electrons. The Hall–Kier alpha value is -1.97. The van der Waals surface area contributed by atoms with E-state index in [0.717, 1.165) is 0 Å². The third kappa shape index (κ3) is 1.46. The van der Waals surface area contributed by atoms with Gasteiger partial charge in [0.1, 0.15) is 0 Å². The fourth-order valence-electron chi connectivity index (χ4n) is 1.06. The number of nitrogens with zero attached hydrogens (tertiary/aromatic N) is 2. The second-order valence-corrected chi connectivity index (χ2v) is 2.50. The van der Waals surface area contributed by atoms with Gasteiger partial charge in [-0.2, -0.15) is 0 Å². The average molecular weight is 173 g/mol. The lowest BCUT2D eigenvalue weighted by Gasteiger charge is -1.95. The van der Waals surface area contributed by atoms with E-state index in [9.17, 15) is 4.79 Å². The molecule has 1 N–H and O–H groups in total. The number of rotatable bonds is 1. The largest absolute Gasteiger partial charge is 0.329 e. The maximum absolute atomic E-state index is 11.3. The van der Waals surface area contributed by atoms with Gasteiger partial charge < -0.3 is 4.98 Å². The highest BCUT2D eigenvalue weighted by atomic mass is 16.1. The van der Waals surface area contributed by atoms with E-state index < -0.39 is 0 Å². The summed E-state index contributed by atoms with van der Waals surface area (Å²) in [4.78, 5) is 21.8. The predicted octanol–water partition coefficient (Wildman–Crippen LogP) is 0.832. The molecule has 0 unspecified atom stereocenters. The Labute approximate surface area is 74.3 Å². The van der Waals surface area contributed by atoms with E-state index in [2.05, 4.69) is 15.0 Å². The van der Waals surface area contributed by atoms with Gasteiger partial charge in [-0.1, -0.05) is 0 Å². The van der Waals surface area contributed by atoms with Crippen molar-refractivity contribution in [2.45, 2.75) is 0 Å². The number of nitrogens with one attached hydrogen (secondary N) is 1. The molecule has 4 heteroatoms. The molecule has 0 aromatic carbocycles. The van der Waals surface area contributed by atoms with Crippen LogP contribution in [0.25, 0.3) is 11.3 Å². The van der Waals surface area contributed by atoms with Gasteiger partial charge in [-0.25, -0.2) is 0 Å². The van der Waals surface area contributed by atoms with Crippen molar-refractivity contribution in [2.75, 3.05) is 0 Å².